The van der Waals surface area contributed by atoms with Crippen LogP contribution in [0.5, 0.6) is 0 Å². The molecule has 2 aliphatic heterocycles. The third kappa shape index (κ3) is 7.18. The minimum atomic E-state index is 0. The Labute approximate surface area is 141 Å². The predicted molar refractivity (Wildman–Crippen MR) is 92.6 cm³/mol. The lowest BCUT2D eigenvalue weighted by Gasteiger charge is -2.31. The van der Waals surface area contributed by atoms with Crippen LogP contribution in [0.2, 0.25) is 0 Å². The fourth-order valence-corrected chi connectivity index (χ4v) is 3.19. The Kier molecular flexibility index (Phi) is 11.5. The van der Waals surface area contributed by atoms with Gasteiger partial charge in [0.25, 0.3) is 0 Å². The van der Waals surface area contributed by atoms with Crippen molar-refractivity contribution in [1.29, 1.82) is 0 Å². The van der Waals surface area contributed by atoms with Crippen molar-refractivity contribution < 1.29 is 4.79 Å². The van der Waals surface area contributed by atoms with E-state index in [0.717, 1.165) is 31.8 Å². The highest BCUT2D eigenvalue weighted by atomic mass is 35.5. The van der Waals surface area contributed by atoms with Gasteiger partial charge in [0.15, 0.2) is 0 Å². The van der Waals surface area contributed by atoms with Gasteiger partial charge in [0.2, 0.25) is 5.91 Å². The van der Waals surface area contributed by atoms with Crippen LogP contribution in [0.4, 0.5) is 0 Å². The van der Waals surface area contributed by atoms with Gasteiger partial charge in [-0.2, -0.15) is 0 Å². The standard InChI is InChI=1S/C15H29N3O.2ClH/c1-2-18-11-7-13(8-12-18)6-10-17-15(19)14-5-3-4-9-16-14;;/h13-14,16H,2-12H2,1H3,(H,17,19);2*1H/t14-;;/m1../s1. The van der Waals surface area contributed by atoms with Crippen molar-refractivity contribution in [3.05, 3.63) is 0 Å². The van der Waals surface area contributed by atoms with Crippen LogP contribution in [0, 0.1) is 5.92 Å². The molecular formula is C15H31Cl2N3O. The molecule has 2 N–H and O–H groups in total. The number of nitrogens with zero attached hydrogens (tertiary/aromatic N) is 1. The average molecular weight is 340 g/mol. The predicted octanol–water partition coefficient (Wildman–Crippen LogP) is 2.21. The van der Waals surface area contributed by atoms with E-state index in [1.807, 2.05) is 0 Å². The molecule has 21 heavy (non-hydrogen) atoms. The van der Waals surface area contributed by atoms with Crippen LogP contribution in [0.15, 0.2) is 0 Å². The molecule has 0 aliphatic carbocycles. The first-order valence-electron chi connectivity index (χ1n) is 8.03. The molecule has 0 unspecified atom stereocenters. The first kappa shape index (κ1) is 21.0. The van der Waals surface area contributed by atoms with Gasteiger partial charge in [-0.1, -0.05) is 13.3 Å². The second-order valence-electron chi connectivity index (χ2n) is 5.96. The number of hydrogen-bond acceptors (Lipinski definition) is 3. The molecule has 0 radical (unpaired) electrons. The number of piperidine rings is 2. The van der Waals surface area contributed by atoms with Crippen molar-refractivity contribution in [3.8, 4) is 0 Å². The monoisotopic (exact) mass is 339 g/mol. The van der Waals surface area contributed by atoms with Crippen LogP contribution in [0.25, 0.3) is 0 Å². The van der Waals surface area contributed by atoms with Gasteiger partial charge in [-0.15, -0.1) is 24.8 Å². The molecule has 0 saturated carbocycles. The third-order valence-electron chi connectivity index (χ3n) is 4.63. The smallest absolute Gasteiger partial charge is 0.237 e. The van der Waals surface area contributed by atoms with Crippen LogP contribution in [0.3, 0.4) is 0 Å². The van der Waals surface area contributed by atoms with Gasteiger partial charge in [0.1, 0.15) is 0 Å². The molecule has 2 aliphatic rings. The highest BCUT2D eigenvalue weighted by Crippen LogP contribution is 2.19. The highest BCUT2D eigenvalue weighted by molar-refractivity contribution is 5.85. The van der Waals surface area contributed by atoms with Crippen molar-refractivity contribution >= 4 is 30.7 Å². The van der Waals surface area contributed by atoms with Gasteiger partial charge in [-0.05, 0) is 64.2 Å². The molecule has 0 aromatic carbocycles. The average Bonchev–Trinajstić information content (AvgIpc) is 2.49. The topological polar surface area (TPSA) is 44.4 Å². The fraction of sp³-hybridized carbons (Fsp3) is 0.933. The molecule has 0 aromatic heterocycles. The zero-order valence-corrected chi connectivity index (χ0v) is 14.7. The number of likely N-dealkylation sites (tertiary alicyclic amines) is 1. The van der Waals surface area contributed by atoms with Gasteiger partial charge in [0, 0.05) is 6.54 Å². The Bertz CT molecular complexity index is 278. The summed E-state index contributed by atoms with van der Waals surface area (Å²) in [5, 5.41) is 6.41. The molecule has 126 valence electrons. The van der Waals surface area contributed by atoms with E-state index < -0.39 is 0 Å². The van der Waals surface area contributed by atoms with Crippen LogP contribution >= 0.6 is 24.8 Å². The molecule has 0 bridgehead atoms. The summed E-state index contributed by atoms with van der Waals surface area (Å²) in [5.74, 6) is 1.02. The summed E-state index contributed by atoms with van der Waals surface area (Å²) in [5.41, 5.74) is 0. The van der Waals surface area contributed by atoms with Crippen molar-refractivity contribution in [2.75, 3.05) is 32.7 Å². The van der Waals surface area contributed by atoms with Gasteiger partial charge < -0.3 is 15.5 Å². The fourth-order valence-electron chi connectivity index (χ4n) is 3.19. The number of carbonyl (C=O) groups is 1. The van der Waals surface area contributed by atoms with Crippen LogP contribution in [0.1, 0.15) is 45.4 Å². The zero-order chi connectivity index (χ0) is 13.5. The summed E-state index contributed by atoms with van der Waals surface area (Å²) < 4.78 is 0. The van der Waals surface area contributed by atoms with Gasteiger partial charge >= 0.3 is 0 Å². The van der Waals surface area contributed by atoms with Crippen molar-refractivity contribution in [2.24, 2.45) is 5.92 Å². The van der Waals surface area contributed by atoms with E-state index >= 15 is 0 Å². The number of carbonyl (C=O) groups excluding carboxylic acids is 1. The molecule has 2 saturated heterocycles. The third-order valence-corrected chi connectivity index (χ3v) is 4.63. The SMILES string of the molecule is CCN1CCC(CCNC(=O)[C@H]2CCCCN2)CC1.Cl.Cl. The van der Waals surface area contributed by atoms with Gasteiger partial charge in [0.05, 0.1) is 6.04 Å². The Morgan fingerprint density at radius 2 is 1.90 bits per heavy atom. The molecule has 6 heteroatoms. The number of nitrogens with one attached hydrogen (secondary N) is 2. The maximum absolute atomic E-state index is 12.0. The summed E-state index contributed by atoms with van der Waals surface area (Å²) >= 11 is 0. The first-order valence-corrected chi connectivity index (χ1v) is 8.03. The summed E-state index contributed by atoms with van der Waals surface area (Å²) in [7, 11) is 0. The normalized spacial score (nSPS) is 23.8. The Balaban J connectivity index is 0.00000200. The van der Waals surface area contributed by atoms with Crippen molar-refractivity contribution in [2.45, 2.75) is 51.5 Å². The van der Waals surface area contributed by atoms with Crippen molar-refractivity contribution in [1.82, 2.24) is 15.5 Å². The molecule has 4 nitrogen and oxygen atoms in total. The number of hydrogen-bond donors (Lipinski definition) is 2. The first-order chi connectivity index (χ1) is 9.29. The summed E-state index contributed by atoms with van der Waals surface area (Å²) in [4.78, 5) is 14.5. The second kappa shape index (κ2) is 11.5. The lowest BCUT2D eigenvalue weighted by molar-refractivity contribution is -0.123. The van der Waals surface area contributed by atoms with Gasteiger partial charge in [-0.25, -0.2) is 0 Å². The lowest BCUT2D eigenvalue weighted by Crippen LogP contribution is -2.47. The quantitative estimate of drug-likeness (QED) is 0.807. The lowest BCUT2D eigenvalue weighted by atomic mass is 9.93. The molecular weight excluding hydrogens is 309 g/mol. The molecule has 1 atom stereocenters. The van der Waals surface area contributed by atoms with Crippen LogP contribution < -0.4 is 10.6 Å². The summed E-state index contributed by atoms with van der Waals surface area (Å²) in [6.07, 6.45) is 7.13. The summed E-state index contributed by atoms with van der Waals surface area (Å²) in [6, 6.07) is 0.0655. The molecule has 0 spiro atoms. The second-order valence-corrected chi connectivity index (χ2v) is 5.96. The van der Waals surface area contributed by atoms with E-state index in [0.29, 0.717) is 0 Å². The van der Waals surface area contributed by atoms with E-state index in [1.165, 1.54) is 45.3 Å². The summed E-state index contributed by atoms with van der Waals surface area (Å²) in [6.45, 7) is 7.73. The maximum atomic E-state index is 12.0. The van der Waals surface area contributed by atoms with E-state index in [-0.39, 0.29) is 36.8 Å². The Morgan fingerprint density at radius 3 is 2.48 bits per heavy atom. The minimum Gasteiger partial charge on any atom is -0.355 e. The highest BCUT2D eigenvalue weighted by Gasteiger charge is 2.21. The van der Waals surface area contributed by atoms with E-state index in [9.17, 15) is 4.79 Å². The molecule has 2 rings (SSSR count). The van der Waals surface area contributed by atoms with Crippen LogP contribution in [-0.2, 0) is 4.79 Å². The van der Waals surface area contributed by atoms with Crippen LogP contribution in [-0.4, -0.2) is 49.6 Å². The molecule has 2 heterocycles. The number of amides is 1. The van der Waals surface area contributed by atoms with E-state index in [4.69, 9.17) is 0 Å². The largest absolute Gasteiger partial charge is 0.355 e. The van der Waals surface area contributed by atoms with Crippen molar-refractivity contribution in [3.63, 3.8) is 0 Å². The van der Waals surface area contributed by atoms with E-state index in [1.54, 1.807) is 0 Å². The zero-order valence-electron chi connectivity index (χ0n) is 13.1. The number of rotatable bonds is 5. The molecule has 0 aromatic rings. The molecule has 1 amide bonds. The minimum absolute atomic E-state index is 0. The molecule has 2 fully saturated rings. The Morgan fingerprint density at radius 1 is 1.19 bits per heavy atom. The van der Waals surface area contributed by atoms with E-state index in [2.05, 4.69) is 22.5 Å². The maximum Gasteiger partial charge on any atom is 0.237 e. The van der Waals surface area contributed by atoms with Gasteiger partial charge in [-0.3, -0.25) is 4.79 Å². The number of halogens is 2. The Hall–Kier alpha value is -0.0300.